The Balaban J connectivity index is 0.00000324. The van der Waals surface area contributed by atoms with Crippen molar-refractivity contribution in [1.82, 2.24) is 4.90 Å². The van der Waals surface area contributed by atoms with Gasteiger partial charge in [0.15, 0.2) is 0 Å². The summed E-state index contributed by atoms with van der Waals surface area (Å²) in [7, 11) is 1.91. The molecule has 0 spiro atoms. The summed E-state index contributed by atoms with van der Waals surface area (Å²) in [5.41, 5.74) is 6.44. The predicted octanol–water partition coefficient (Wildman–Crippen LogP) is 2.79. The van der Waals surface area contributed by atoms with Crippen LogP contribution in [-0.2, 0) is 6.54 Å². The lowest BCUT2D eigenvalue weighted by Gasteiger charge is -2.23. The number of rotatable bonds is 5. The minimum Gasteiger partial charge on any atom is -0.406 e. The van der Waals surface area contributed by atoms with Crippen LogP contribution in [0.5, 0.6) is 5.75 Å². The first-order valence-electron chi connectivity index (χ1n) is 5.57. The second kappa shape index (κ2) is 7.57. The second-order valence-corrected chi connectivity index (χ2v) is 4.19. The highest BCUT2D eigenvalue weighted by molar-refractivity contribution is 5.85. The molecule has 0 radical (unpaired) electrons. The third kappa shape index (κ3) is 6.66. The van der Waals surface area contributed by atoms with E-state index in [2.05, 4.69) is 4.74 Å². The van der Waals surface area contributed by atoms with E-state index in [-0.39, 0.29) is 24.2 Å². The van der Waals surface area contributed by atoms with E-state index in [4.69, 9.17) is 5.73 Å². The third-order valence-electron chi connectivity index (χ3n) is 2.68. The van der Waals surface area contributed by atoms with Crippen molar-refractivity contribution in [3.8, 4) is 5.75 Å². The van der Waals surface area contributed by atoms with Gasteiger partial charge in [0.05, 0.1) is 0 Å². The van der Waals surface area contributed by atoms with E-state index in [1.807, 2.05) is 18.9 Å². The molecule has 0 heterocycles. The van der Waals surface area contributed by atoms with Crippen LogP contribution in [0.15, 0.2) is 24.3 Å². The Morgan fingerprint density at radius 1 is 1.26 bits per heavy atom. The maximum atomic E-state index is 12.0. The standard InChI is InChI=1S/C12H17F3N2O.ClH/c1-9(7-16)17(2)8-10-3-5-11(6-4-10)18-12(13,14)15;/h3-6,9H,7-8,16H2,1-2H3;1H. The zero-order chi connectivity index (χ0) is 13.8. The van der Waals surface area contributed by atoms with Crippen LogP contribution in [0.2, 0.25) is 0 Å². The Bertz CT molecular complexity index is 370. The zero-order valence-corrected chi connectivity index (χ0v) is 11.6. The molecule has 19 heavy (non-hydrogen) atoms. The lowest BCUT2D eigenvalue weighted by molar-refractivity contribution is -0.274. The molecule has 0 fully saturated rings. The van der Waals surface area contributed by atoms with E-state index in [1.54, 1.807) is 12.1 Å². The van der Waals surface area contributed by atoms with E-state index in [1.165, 1.54) is 12.1 Å². The summed E-state index contributed by atoms with van der Waals surface area (Å²) in [6.45, 7) is 3.15. The first kappa shape index (κ1) is 18.0. The first-order chi connectivity index (χ1) is 8.31. The largest absolute Gasteiger partial charge is 0.573 e. The van der Waals surface area contributed by atoms with Crippen molar-refractivity contribution in [1.29, 1.82) is 0 Å². The Hall–Kier alpha value is -0.980. The van der Waals surface area contributed by atoms with E-state index in [0.717, 1.165) is 5.56 Å². The minimum absolute atomic E-state index is 0. The highest BCUT2D eigenvalue weighted by atomic mass is 35.5. The van der Waals surface area contributed by atoms with Gasteiger partial charge in [-0.25, -0.2) is 0 Å². The molecule has 110 valence electrons. The smallest absolute Gasteiger partial charge is 0.406 e. The summed E-state index contributed by atoms with van der Waals surface area (Å²) in [6, 6.07) is 6.06. The molecule has 0 bridgehead atoms. The maximum absolute atomic E-state index is 12.0. The predicted molar refractivity (Wildman–Crippen MR) is 70.4 cm³/mol. The minimum atomic E-state index is -4.65. The molecule has 1 atom stereocenters. The van der Waals surface area contributed by atoms with E-state index in [0.29, 0.717) is 13.1 Å². The lowest BCUT2D eigenvalue weighted by Crippen LogP contribution is -2.34. The molecule has 0 aliphatic carbocycles. The van der Waals surface area contributed by atoms with Crippen LogP contribution >= 0.6 is 12.4 Å². The second-order valence-electron chi connectivity index (χ2n) is 4.19. The lowest BCUT2D eigenvalue weighted by atomic mass is 10.2. The van der Waals surface area contributed by atoms with Crippen LogP contribution in [0.3, 0.4) is 0 Å². The summed E-state index contributed by atoms with van der Waals surface area (Å²) < 4.78 is 39.7. The Morgan fingerprint density at radius 3 is 2.21 bits per heavy atom. The molecule has 0 aromatic heterocycles. The van der Waals surface area contributed by atoms with Crippen LogP contribution in [-0.4, -0.2) is 30.9 Å². The molecule has 2 N–H and O–H groups in total. The third-order valence-corrected chi connectivity index (χ3v) is 2.68. The summed E-state index contributed by atoms with van der Waals surface area (Å²) in [6.07, 6.45) is -4.65. The summed E-state index contributed by atoms with van der Waals surface area (Å²) >= 11 is 0. The number of alkyl halides is 3. The average molecular weight is 299 g/mol. The highest BCUT2D eigenvalue weighted by Gasteiger charge is 2.30. The fraction of sp³-hybridized carbons (Fsp3) is 0.500. The van der Waals surface area contributed by atoms with Crippen molar-refractivity contribution in [3.63, 3.8) is 0 Å². The van der Waals surface area contributed by atoms with Crippen molar-refractivity contribution < 1.29 is 17.9 Å². The number of nitrogens with zero attached hydrogens (tertiary/aromatic N) is 1. The topological polar surface area (TPSA) is 38.5 Å². The van der Waals surface area contributed by atoms with Crippen LogP contribution in [0.1, 0.15) is 12.5 Å². The van der Waals surface area contributed by atoms with E-state index in [9.17, 15) is 13.2 Å². The summed E-state index contributed by atoms with van der Waals surface area (Å²) in [5, 5.41) is 0. The molecule has 7 heteroatoms. The van der Waals surface area contributed by atoms with Gasteiger partial charge in [0, 0.05) is 19.1 Å². The Kier molecular flexibility index (Phi) is 7.18. The summed E-state index contributed by atoms with van der Waals surface area (Å²) in [5.74, 6) is -0.208. The molecule has 0 aliphatic heterocycles. The molecule has 0 aliphatic rings. The summed E-state index contributed by atoms with van der Waals surface area (Å²) in [4.78, 5) is 2.03. The number of hydrogen-bond donors (Lipinski definition) is 1. The molecular weight excluding hydrogens is 281 g/mol. The molecule has 0 amide bonds. The number of benzene rings is 1. The van der Waals surface area contributed by atoms with E-state index >= 15 is 0 Å². The Morgan fingerprint density at radius 2 is 1.79 bits per heavy atom. The molecule has 0 saturated carbocycles. The molecule has 1 aromatic rings. The van der Waals surface area contributed by atoms with Crippen LogP contribution < -0.4 is 10.5 Å². The van der Waals surface area contributed by atoms with Gasteiger partial charge < -0.3 is 10.5 Å². The SMILES string of the molecule is CC(CN)N(C)Cc1ccc(OC(F)(F)F)cc1.Cl. The molecule has 3 nitrogen and oxygen atoms in total. The monoisotopic (exact) mass is 298 g/mol. The normalized spacial score (nSPS) is 13.0. The zero-order valence-electron chi connectivity index (χ0n) is 10.8. The van der Waals surface area contributed by atoms with Crippen molar-refractivity contribution in [2.45, 2.75) is 25.9 Å². The number of nitrogens with two attached hydrogens (primary N) is 1. The Labute approximate surface area is 116 Å². The van der Waals surface area contributed by atoms with Crippen molar-refractivity contribution >= 4 is 12.4 Å². The number of ether oxygens (including phenoxy) is 1. The fourth-order valence-corrected chi connectivity index (χ4v) is 1.42. The van der Waals surface area contributed by atoms with Gasteiger partial charge in [0.1, 0.15) is 5.75 Å². The van der Waals surface area contributed by atoms with Crippen LogP contribution in [0.4, 0.5) is 13.2 Å². The fourth-order valence-electron chi connectivity index (χ4n) is 1.42. The molecule has 1 rings (SSSR count). The molecular formula is C12H18ClF3N2O. The van der Waals surface area contributed by atoms with Crippen molar-refractivity contribution in [2.75, 3.05) is 13.6 Å². The number of hydrogen-bond acceptors (Lipinski definition) is 3. The van der Waals surface area contributed by atoms with Gasteiger partial charge >= 0.3 is 6.36 Å². The van der Waals surface area contributed by atoms with Crippen LogP contribution in [0, 0.1) is 0 Å². The number of halogens is 4. The van der Waals surface area contributed by atoms with E-state index < -0.39 is 6.36 Å². The molecule has 0 saturated heterocycles. The maximum Gasteiger partial charge on any atom is 0.573 e. The molecule has 1 unspecified atom stereocenters. The van der Waals surface area contributed by atoms with Gasteiger partial charge in [0.25, 0.3) is 0 Å². The first-order valence-corrected chi connectivity index (χ1v) is 5.57. The van der Waals surface area contributed by atoms with Crippen LogP contribution in [0.25, 0.3) is 0 Å². The van der Waals surface area contributed by atoms with Crippen molar-refractivity contribution in [2.24, 2.45) is 5.73 Å². The highest BCUT2D eigenvalue weighted by Crippen LogP contribution is 2.23. The van der Waals surface area contributed by atoms with Gasteiger partial charge in [-0.3, -0.25) is 4.90 Å². The number of likely N-dealkylation sites (N-methyl/N-ethyl adjacent to an activating group) is 1. The van der Waals surface area contributed by atoms with Gasteiger partial charge in [-0.15, -0.1) is 25.6 Å². The molecule has 1 aromatic carbocycles. The van der Waals surface area contributed by atoms with Gasteiger partial charge in [-0.05, 0) is 31.7 Å². The van der Waals surface area contributed by atoms with Gasteiger partial charge in [-0.1, -0.05) is 12.1 Å². The average Bonchev–Trinajstić information content (AvgIpc) is 2.28. The van der Waals surface area contributed by atoms with Crippen molar-refractivity contribution in [3.05, 3.63) is 29.8 Å². The van der Waals surface area contributed by atoms with Gasteiger partial charge in [-0.2, -0.15) is 0 Å². The quantitative estimate of drug-likeness (QED) is 0.908. The van der Waals surface area contributed by atoms with Gasteiger partial charge in [0.2, 0.25) is 0 Å².